The average Bonchev–Trinajstić information content (AvgIpc) is 3.21. The first-order chi connectivity index (χ1) is 14.1. The molecule has 2 aromatic heterocycles. The standard InChI is InChI=1S/C18H24ClN7O3/c1-2-29-18(28)25-8-6-24(7-9-25)16(27)12-4-3-5-26(10-12)15-13-14(21-11-20-13)22-17(19)23-15/h11-12H,2-10H2,1H3,(H,20,21,22,23)/t12-/m1/s1. The van der Waals surface area contributed by atoms with E-state index in [-0.39, 0.29) is 23.2 Å². The molecule has 1 N–H and O–H groups in total. The van der Waals surface area contributed by atoms with Crippen LogP contribution in [0.2, 0.25) is 5.28 Å². The van der Waals surface area contributed by atoms with E-state index in [9.17, 15) is 9.59 Å². The van der Waals surface area contributed by atoms with E-state index in [1.165, 1.54) is 0 Å². The Balaban J connectivity index is 1.42. The molecule has 0 spiro atoms. The molecule has 0 radical (unpaired) electrons. The summed E-state index contributed by atoms with van der Waals surface area (Å²) >= 11 is 6.06. The highest BCUT2D eigenvalue weighted by Gasteiger charge is 2.33. The van der Waals surface area contributed by atoms with Crippen LogP contribution in [0.5, 0.6) is 0 Å². The molecule has 0 bridgehead atoms. The van der Waals surface area contributed by atoms with Crippen LogP contribution in [0, 0.1) is 5.92 Å². The molecule has 0 aliphatic carbocycles. The van der Waals surface area contributed by atoms with E-state index in [1.807, 2.05) is 4.90 Å². The lowest BCUT2D eigenvalue weighted by atomic mass is 9.96. The number of halogens is 1. The Morgan fingerprint density at radius 1 is 1.21 bits per heavy atom. The second kappa shape index (κ2) is 8.40. The van der Waals surface area contributed by atoms with Crippen molar-refractivity contribution in [2.75, 3.05) is 50.8 Å². The van der Waals surface area contributed by atoms with E-state index in [0.29, 0.717) is 50.8 Å². The van der Waals surface area contributed by atoms with Gasteiger partial charge >= 0.3 is 6.09 Å². The van der Waals surface area contributed by atoms with Crippen molar-refractivity contribution in [1.82, 2.24) is 29.7 Å². The first-order valence-corrected chi connectivity index (χ1v) is 10.3. The monoisotopic (exact) mass is 421 g/mol. The number of aromatic amines is 1. The third-order valence-corrected chi connectivity index (χ3v) is 5.60. The summed E-state index contributed by atoms with van der Waals surface area (Å²) in [5, 5.41) is 0.142. The van der Waals surface area contributed by atoms with Crippen LogP contribution in [0.15, 0.2) is 6.33 Å². The van der Waals surface area contributed by atoms with Gasteiger partial charge in [-0.25, -0.2) is 9.78 Å². The van der Waals surface area contributed by atoms with Crippen LogP contribution in [0.1, 0.15) is 19.8 Å². The Morgan fingerprint density at radius 3 is 2.72 bits per heavy atom. The Hall–Kier alpha value is -2.62. The van der Waals surface area contributed by atoms with Gasteiger partial charge in [-0.1, -0.05) is 0 Å². The molecule has 2 aliphatic heterocycles. The first-order valence-electron chi connectivity index (χ1n) is 9.89. The fraction of sp³-hybridized carbons (Fsp3) is 0.611. The maximum absolute atomic E-state index is 13.1. The highest BCUT2D eigenvalue weighted by atomic mass is 35.5. The summed E-state index contributed by atoms with van der Waals surface area (Å²) in [6.45, 7) is 5.55. The number of ether oxygens (including phenoxy) is 1. The fourth-order valence-electron chi connectivity index (χ4n) is 3.97. The number of imidazole rings is 1. The third kappa shape index (κ3) is 4.07. The van der Waals surface area contributed by atoms with Gasteiger partial charge in [-0.2, -0.15) is 9.97 Å². The molecule has 2 amide bonds. The fourth-order valence-corrected chi connectivity index (χ4v) is 4.13. The van der Waals surface area contributed by atoms with Crippen LogP contribution in [0.4, 0.5) is 10.6 Å². The number of amides is 2. The maximum atomic E-state index is 13.1. The van der Waals surface area contributed by atoms with Crippen molar-refractivity contribution in [3.05, 3.63) is 11.6 Å². The quantitative estimate of drug-likeness (QED) is 0.748. The van der Waals surface area contributed by atoms with Gasteiger partial charge in [-0.15, -0.1) is 0 Å². The number of piperazine rings is 1. The summed E-state index contributed by atoms with van der Waals surface area (Å²) in [7, 11) is 0. The highest BCUT2D eigenvalue weighted by Crippen LogP contribution is 2.28. The van der Waals surface area contributed by atoms with E-state index < -0.39 is 0 Å². The second-order valence-electron chi connectivity index (χ2n) is 7.21. The number of carbonyl (C=O) groups is 2. The summed E-state index contributed by atoms with van der Waals surface area (Å²) in [6.07, 6.45) is 2.97. The number of carbonyl (C=O) groups excluding carboxylic acids is 2. The van der Waals surface area contributed by atoms with Gasteiger partial charge in [0.2, 0.25) is 11.2 Å². The molecule has 2 aliphatic rings. The van der Waals surface area contributed by atoms with Crippen LogP contribution in [-0.4, -0.2) is 87.6 Å². The van der Waals surface area contributed by atoms with Crippen LogP contribution in [0.3, 0.4) is 0 Å². The molecule has 0 unspecified atom stereocenters. The normalized spacial score (nSPS) is 20.2. The summed E-state index contributed by atoms with van der Waals surface area (Å²) in [6, 6.07) is 0. The number of rotatable bonds is 3. The molecule has 10 nitrogen and oxygen atoms in total. The van der Waals surface area contributed by atoms with Crippen molar-refractivity contribution in [2.45, 2.75) is 19.8 Å². The molecular formula is C18H24ClN7O3. The number of anilines is 1. The predicted octanol–water partition coefficient (Wildman–Crippen LogP) is 1.52. The first kappa shape index (κ1) is 19.7. The molecule has 156 valence electrons. The summed E-state index contributed by atoms with van der Waals surface area (Å²) < 4.78 is 5.04. The van der Waals surface area contributed by atoms with E-state index in [4.69, 9.17) is 16.3 Å². The minimum Gasteiger partial charge on any atom is -0.450 e. The van der Waals surface area contributed by atoms with Crippen molar-refractivity contribution in [1.29, 1.82) is 0 Å². The van der Waals surface area contributed by atoms with Crippen molar-refractivity contribution in [2.24, 2.45) is 5.92 Å². The van der Waals surface area contributed by atoms with Crippen molar-refractivity contribution in [3.63, 3.8) is 0 Å². The molecule has 4 heterocycles. The number of nitrogens with zero attached hydrogens (tertiary/aromatic N) is 6. The number of nitrogens with one attached hydrogen (secondary N) is 1. The number of hydrogen-bond donors (Lipinski definition) is 1. The Bertz CT molecular complexity index is 897. The van der Waals surface area contributed by atoms with Crippen molar-refractivity contribution in [3.8, 4) is 0 Å². The largest absolute Gasteiger partial charge is 0.450 e. The van der Waals surface area contributed by atoms with Gasteiger partial charge in [0.15, 0.2) is 11.5 Å². The van der Waals surface area contributed by atoms with Gasteiger partial charge in [0.05, 0.1) is 18.9 Å². The molecule has 4 rings (SSSR count). The smallest absolute Gasteiger partial charge is 0.409 e. The van der Waals surface area contributed by atoms with Gasteiger partial charge in [-0.3, -0.25) is 4.79 Å². The van der Waals surface area contributed by atoms with E-state index in [0.717, 1.165) is 24.9 Å². The summed E-state index contributed by atoms with van der Waals surface area (Å²) in [5.74, 6) is 0.686. The minimum atomic E-state index is -0.312. The molecule has 2 aromatic rings. The molecule has 0 aromatic carbocycles. The summed E-state index contributed by atoms with van der Waals surface area (Å²) in [4.78, 5) is 46.3. The minimum absolute atomic E-state index is 0.121. The molecular weight excluding hydrogens is 398 g/mol. The molecule has 29 heavy (non-hydrogen) atoms. The number of hydrogen-bond acceptors (Lipinski definition) is 7. The molecule has 0 saturated carbocycles. The second-order valence-corrected chi connectivity index (χ2v) is 7.55. The average molecular weight is 422 g/mol. The lowest BCUT2D eigenvalue weighted by Crippen LogP contribution is -2.53. The zero-order valence-corrected chi connectivity index (χ0v) is 17.1. The number of aromatic nitrogens is 4. The Morgan fingerprint density at radius 2 is 1.97 bits per heavy atom. The zero-order valence-electron chi connectivity index (χ0n) is 16.3. The Labute approximate surface area is 173 Å². The van der Waals surface area contributed by atoms with Crippen LogP contribution in [-0.2, 0) is 9.53 Å². The van der Waals surface area contributed by atoms with Gasteiger partial charge in [0.25, 0.3) is 0 Å². The zero-order chi connectivity index (χ0) is 20.4. The van der Waals surface area contributed by atoms with Crippen molar-refractivity contribution >= 4 is 40.6 Å². The number of fused-ring (bicyclic) bond motifs is 1. The van der Waals surface area contributed by atoms with E-state index in [1.54, 1.807) is 18.2 Å². The van der Waals surface area contributed by atoms with Gasteiger partial charge in [-0.05, 0) is 31.4 Å². The van der Waals surface area contributed by atoms with Crippen LogP contribution in [0.25, 0.3) is 11.2 Å². The Kier molecular flexibility index (Phi) is 5.70. The van der Waals surface area contributed by atoms with Crippen LogP contribution >= 0.6 is 11.6 Å². The molecule has 1 atom stereocenters. The SMILES string of the molecule is CCOC(=O)N1CCN(C(=O)[C@@H]2CCCN(c3nc(Cl)nc4nc[nH]c34)C2)CC1. The van der Waals surface area contributed by atoms with Gasteiger partial charge in [0, 0.05) is 39.3 Å². The molecule has 2 saturated heterocycles. The predicted molar refractivity (Wildman–Crippen MR) is 107 cm³/mol. The number of H-pyrrole nitrogens is 1. The van der Waals surface area contributed by atoms with Crippen molar-refractivity contribution < 1.29 is 14.3 Å². The molecule has 11 heteroatoms. The molecule has 2 fully saturated rings. The van der Waals surface area contributed by atoms with Gasteiger partial charge in [0.1, 0.15) is 5.52 Å². The topological polar surface area (TPSA) is 108 Å². The van der Waals surface area contributed by atoms with Gasteiger partial charge < -0.3 is 24.4 Å². The highest BCUT2D eigenvalue weighted by molar-refractivity contribution is 6.28. The lowest BCUT2D eigenvalue weighted by molar-refractivity contribution is -0.137. The van der Waals surface area contributed by atoms with Crippen LogP contribution < -0.4 is 4.90 Å². The van der Waals surface area contributed by atoms with E-state index >= 15 is 0 Å². The lowest BCUT2D eigenvalue weighted by Gasteiger charge is -2.39. The summed E-state index contributed by atoms with van der Waals surface area (Å²) in [5.41, 5.74) is 1.24. The van der Waals surface area contributed by atoms with E-state index in [2.05, 4.69) is 24.8 Å². The third-order valence-electron chi connectivity index (χ3n) is 5.43. The number of piperidine rings is 1. The maximum Gasteiger partial charge on any atom is 0.409 e.